The van der Waals surface area contributed by atoms with Gasteiger partial charge in [-0.05, 0) is 57.8 Å². The Morgan fingerprint density at radius 1 is 1.30 bits per heavy atom. The first kappa shape index (κ1) is 17.3. The second-order valence-electron chi connectivity index (χ2n) is 7.55. The van der Waals surface area contributed by atoms with Crippen molar-refractivity contribution in [3.63, 3.8) is 0 Å². The molecule has 1 saturated carbocycles. The lowest BCUT2D eigenvalue weighted by Gasteiger charge is -2.38. The first-order valence-corrected chi connectivity index (χ1v) is 7.58. The molecule has 0 aromatic carbocycles. The van der Waals surface area contributed by atoms with E-state index in [0.29, 0.717) is 11.3 Å². The number of hydrogen-bond acceptors (Lipinski definition) is 3. The average Bonchev–Trinajstić information content (AvgIpc) is 2.30. The maximum absolute atomic E-state index is 11.9. The van der Waals surface area contributed by atoms with E-state index in [4.69, 9.17) is 9.47 Å². The minimum absolute atomic E-state index is 0.220. The Bertz CT molecular complexity index is 314. The number of rotatable bonds is 4. The van der Waals surface area contributed by atoms with Crippen molar-refractivity contribution in [1.29, 1.82) is 0 Å². The third-order valence-corrected chi connectivity index (χ3v) is 4.04. The number of hydrogen-bond donors (Lipinski definition) is 0. The molecule has 0 aromatic rings. The van der Waals surface area contributed by atoms with Gasteiger partial charge in [0, 0.05) is 20.7 Å². The molecule has 0 aromatic heterocycles. The maximum atomic E-state index is 11.9. The molecule has 0 N–H and O–H groups in total. The molecule has 4 nitrogen and oxygen atoms in total. The van der Waals surface area contributed by atoms with Gasteiger partial charge in [0.2, 0.25) is 0 Å². The Labute approximate surface area is 123 Å². The van der Waals surface area contributed by atoms with E-state index in [-0.39, 0.29) is 6.09 Å². The quantitative estimate of drug-likeness (QED) is 0.790. The summed E-state index contributed by atoms with van der Waals surface area (Å²) in [5.74, 6) is 0.581. The van der Waals surface area contributed by atoms with Gasteiger partial charge in [0.1, 0.15) is 5.60 Å². The van der Waals surface area contributed by atoms with Crippen LogP contribution in [0.25, 0.3) is 0 Å². The van der Waals surface area contributed by atoms with Gasteiger partial charge >= 0.3 is 6.09 Å². The van der Waals surface area contributed by atoms with E-state index in [9.17, 15) is 4.79 Å². The summed E-state index contributed by atoms with van der Waals surface area (Å²) in [5, 5.41) is 0. The van der Waals surface area contributed by atoms with Crippen molar-refractivity contribution < 1.29 is 14.3 Å². The molecule has 1 aliphatic carbocycles. The summed E-state index contributed by atoms with van der Waals surface area (Å²) in [6, 6.07) is 0. The van der Waals surface area contributed by atoms with Crippen molar-refractivity contribution in [1.82, 2.24) is 4.90 Å². The van der Waals surface area contributed by atoms with Crippen molar-refractivity contribution in [3.05, 3.63) is 0 Å². The first-order valence-electron chi connectivity index (χ1n) is 7.58. The molecular weight excluding hydrogens is 254 g/mol. The molecule has 0 heterocycles. The Morgan fingerprint density at radius 3 is 2.30 bits per heavy atom. The molecule has 1 fully saturated rings. The minimum Gasteiger partial charge on any atom is -0.444 e. The van der Waals surface area contributed by atoms with E-state index in [1.165, 1.54) is 12.8 Å². The van der Waals surface area contributed by atoms with Crippen molar-refractivity contribution in [2.45, 2.75) is 59.0 Å². The van der Waals surface area contributed by atoms with Crippen LogP contribution >= 0.6 is 0 Å². The normalized spacial score (nSPS) is 27.2. The lowest BCUT2D eigenvalue weighted by Crippen LogP contribution is -2.39. The number of amides is 1. The predicted octanol–water partition coefficient (Wildman–Crippen LogP) is 3.70. The van der Waals surface area contributed by atoms with Crippen LogP contribution in [-0.4, -0.2) is 43.9 Å². The summed E-state index contributed by atoms with van der Waals surface area (Å²) in [5.41, 5.74) is -0.106. The van der Waals surface area contributed by atoms with Gasteiger partial charge in [-0.25, -0.2) is 4.79 Å². The standard InChI is InChI=1S/C16H31NO3/c1-15(2,3)20-14(18)17(5)11-13-7-9-16(4,10-8-13)12-19-6/h13H,7-12H2,1-6H3. The number of nitrogens with zero attached hydrogens (tertiary/aromatic N) is 1. The molecule has 1 rings (SSSR count). The van der Waals surface area contributed by atoms with E-state index < -0.39 is 5.60 Å². The van der Waals surface area contributed by atoms with Crippen LogP contribution in [-0.2, 0) is 9.47 Å². The zero-order valence-electron chi connectivity index (χ0n) is 14.0. The number of ether oxygens (including phenoxy) is 2. The first-order chi connectivity index (χ1) is 9.15. The van der Waals surface area contributed by atoms with Gasteiger partial charge < -0.3 is 14.4 Å². The van der Waals surface area contributed by atoms with Gasteiger partial charge in [0.15, 0.2) is 0 Å². The highest BCUT2D eigenvalue weighted by molar-refractivity contribution is 5.67. The average molecular weight is 285 g/mol. The number of carbonyl (C=O) groups is 1. The molecule has 0 saturated heterocycles. The van der Waals surface area contributed by atoms with E-state index >= 15 is 0 Å². The molecule has 1 aliphatic rings. The third kappa shape index (κ3) is 5.70. The zero-order valence-corrected chi connectivity index (χ0v) is 14.0. The second-order valence-corrected chi connectivity index (χ2v) is 7.55. The molecule has 0 unspecified atom stereocenters. The maximum Gasteiger partial charge on any atom is 0.410 e. The van der Waals surface area contributed by atoms with Crippen LogP contribution in [0.2, 0.25) is 0 Å². The summed E-state index contributed by atoms with van der Waals surface area (Å²) in [6.07, 6.45) is 4.45. The number of methoxy groups -OCH3 is 1. The fourth-order valence-corrected chi connectivity index (χ4v) is 2.85. The van der Waals surface area contributed by atoms with Crippen molar-refractivity contribution in [3.8, 4) is 0 Å². The highest BCUT2D eigenvalue weighted by atomic mass is 16.6. The highest BCUT2D eigenvalue weighted by Crippen LogP contribution is 2.38. The van der Waals surface area contributed by atoms with Crippen molar-refractivity contribution in [2.75, 3.05) is 27.3 Å². The Morgan fingerprint density at radius 2 is 1.85 bits per heavy atom. The van der Waals surface area contributed by atoms with Gasteiger partial charge in [0.05, 0.1) is 6.61 Å². The summed E-state index contributed by atoms with van der Waals surface area (Å²) in [6.45, 7) is 9.62. The summed E-state index contributed by atoms with van der Waals surface area (Å²) in [7, 11) is 3.60. The Kier molecular flexibility index (Phi) is 5.87. The van der Waals surface area contributed by atoms with Gasteiger partial charge in [-0.2, -0.15) is 0 Å². The van der Waals surface area contributed by atoms with Crippen LogP contribution in [0.5, 0.6) is 0 Å². The molecule has 0 atom stereocenters. The number of carbonyl (C=O) groups excluding carboxylic acids is 1. The van der Waals surface area contributed by atoms with Gasteiger partial charge in [-0.15, -0.1) is 0 Å². The van der Waals surface area contributed by atoms with Crippen molar-refractivity contribution >= 4 is 6.09 Å². The minimum atomic E-state index is -0.422. The molecular formula is C16H31NO3. The smallest absolute Gasteiger partial charge is 0.410 e. The third-order valence-electron chi connectivity index (χ3n) is 4.04. The van der Waals surface area contributed by atoms with Gasteiger partial charge in [-0.1, -0.05) is 6.92 Å². The molecule has 0 aliphatic heterocycles. The second kappa shape index (κ2) is 6.79. The largest absolute Gasteiger partial charge is 0.444 e. The van der Waals surface area contributed by atoms with Gasteiger partial charge in [-0.3, -0.25) is 0 Å². The van der Waals surface area contributed by atoms with Gasteiger partial charge in [0.25, 0.3) is 0 Å². The monoisotopic (exact) mass is 285 g/mol. The predicted molar refractivity (Wildman–Crippen MR) is 80.8 cm³/mol. The molecule has 118 valence electrons. The topological polar surface area (TPSA) is 38.8 Å². The summed E-state index contributed by atoms with van der Waals surface area (Å²) in [4.78, 5) is 13.7. The van der Waals surface area contributed by atoms with E-state index in [1.807, 2.05) is 27.8 Å². The summed E-state index contributed by atoms with van der Waals surface area (Å²) >= 11 is 0. The van der Waals surface area contributed by atoms with E-state index in [1.54, 1.807) is 12.0 Å². The van der Waals surface area contributed by atoms with Crippen LogP contribution in [0.4, 0.5) is 4.79 Å². The van der Waals surface area contributed by atoms with E-state index in [2.05, 4.69) is 6.92 Å². The molecule has 0 radical (unpaired) electrons. The fraction of sp³-hybridized carbons (Fsp3) is 0.938. The lowest BCUT2D eigenvalue weighted by atomic mass is 9.72. The Hall–Kier alpha value is -0.770. The summed E-state index contributed by atoms with van der Waals surface area (Å²) < 4.78 is 10.7. The van der Waals surface area contributed by atoms with Crippen LogP contribution in [0.15, 0.2) is 0 Å². The molecule has 0 spiro atoms. The zero-order chi connectivity index (χ0) is 15.4. The van der Waals surface area contributed by atoms with Crippen LogP contribution < -0.4 is 0 Å². The van der Waals surface area contributed by atoms with Crippen LogP contribution in [0.3, 0.4) is 0 Å². The molecule has 20 heavy (non-hydrogen) atoms. The van der Waals surface area contributed by atoms with Crippen LogP contribution in [0.1, 0.15) is 53.4 Å². The highest BCUT2D eigenvalue weighted by Gasteiger charge is 2.32. The molecule has 4 heteroatoms. The molecule has 0 bridgehead atoms. The fourth-order valence-electron chi connectivity index (χ4n) is 2.85. The van der Waals surface area contributed by atoms with E-state index in [0.717, 1.165) is 26.0 Å². The van der Waals surface area contributed by atoms with Crippen LogP contribution in [0, 0.1) is 11.3 Å². The molecule has 1 amide bonds. The lowest BCUT2D eigenvalue weighted by molar-refractivity contribution is 0.0192. The Balaban J connectivity index is 2.38. The SMILES string of the molecule is COCC1(C)CCC(CN(C)C(=O)OC(C)(C)C)CC1. The van der Waals surface area contributed by atoms with Crippen molar-refractivity contribution in [2.24, 2.45) is 11.3 Å².